The maximum Gasteiger partial charge on any atom is 0.331 e. The van der Waals surface area contributed by atoms with Crippen LogP contribution in [0.15, 0.2) is 42.5 Å². The molecule has 10 nitrogen and oxygen atoms in total. The number of ether oxygens (including phenoxy) is 3. The maximum absolute atomic E-state index is 10.4. The van der Waals surface area contributed by atoms with Crippen molar-refractivity contribution in [3.05, 3.63) is 42.5 Å². The van der Waals surface area contributed by atoms with Gasteiger partial charge in [-0.1, -0.05) is 12.1 Å². The van der Waals surface area contributed by atoms with Crippen LogP contribution in [-0.2, 0) is 0 Å². The van der Waals surface area contributed by atoms with Gasteiger partial charge in [0, 0.05) is 6.07 Å². The van der Waals surface area contributed by atoms with Gasteiger partial charge in [-0.3, -0.25) is 0 Å². The molecule has 0 aliphatic carbocycles. The van der Waals surface area contributed by atoms with Gasteiger partial charge in [0.15, 0.2) is 0 Å². The minimum atomic E-state index is -0.0687. The van der Waals surface area contributed by atoms with Crippen molar-refractivity contribution in [1.82, 2.24) is 29.9 Å². The van der Waals surface area contributed by atoms with E-state index in [4.69, 9.17) is 14.2 Å². The lowest BCUT2D eigenvalue weighted by atomic mass is 10.3. The predicted molar refractivity (Wildman–Crippen MR) is 93.5 cm³/mol. The van der Waals surface area contributed by atoms with Gasteiger partial charge in [-0.05, 0) is 24.3 Å². The molecule has 0 atom stereocenters. The first-order valence-corrected chi connectivity index (χ1v) is 7.83. The van der Waals surface area contributed by atoms with E-state index in [0.717, 1.165) is 11.0 Å². The van der Waals surface area contributed by atoms with Crippen LogP contribution in [0, 0.1) is 0 Å². The fourth-order valence-electron chi connectivity index (χ4n) is 2.36. The second-order valence-corrected chi connectivity index (χ2v) is 5.32. The van der Waals surface area contributed by atoms with Gasteiger partial charge in [0.05, 0.1) is 14.2 Å². The van der Waals surface area contributed by atoms with Crippen molar-refractivity contribution in [2.75, 3.05) is 14.2 Å². The monoisotopic (exact) mass is 366 g/mol. The molecule has 2 aromatic heterocycles. The highest BCUT2D eigenvalue weighted by Crippen LogP contribution is 2.29. The molecule has 2 heterocycles. The first-order chi connectivity index (χ1) is 13.2. The van der Waals surface area contributed by atoms with Gasteiger partial charge < -0.3 is 19.3 Å². The topological polar surface area (TPSA) is 117 Å². The lowest BCUT2D eigenvalue weighted by Gasteiger charge is -2.08. The number of nitrogens with zero attached hydrogens (tertiary/aromatic N) is 6. The third-order valence-electron chi connectivity index (χ3n) is 3.60. The van der Waals surface area contributed by atoms with E-state index in [9.17, 15) is 5.11 Å². The van der Waals surface area contributed by atoms with E-state index in [2.05, 4.69) is 25.1 Å². The zero-order valence-electron chi connectivity index (χ0n) is 14.4. The predicted octanol–water partition coefficient (Wildman–Crippen LogP) is 2.12. The number of benzene rings is 2. The van der Waals surface area contributed by atoms with Crippen LogP contribution in [-0.4, -0.2) is 49.3 Å². The Morgan fingerprint density at radius 1 is 0.815 bits per heavy atom. The smallest absolute Gasteiger partial charge is 0.331 e. The molecule has 4 rings (SSSR count). The highest BCUT2D eigenvalue weighted by atomic mass is 16.5. The van der Waals surface area contributed by atoms with E-state index in [1.807, 2.05) is 24.3 Å². The Hall–Kier alpha value is -3.95. The summed E-state index contributed by atoms with van der Waals surface area (Å²) < 4.78 is 15.5. The van der Waals surface area contributed by atoms with Gasteiger partial charge in [0.2, 0.25) is 0 Å². The number of phenols is 1. The first kappa shape index (κ1) is 16.5. The summed E-state index contributed by atoms with van der Waals surface area (Å²) in [5, 5.41) is 19.0. The lowest BCUT2D eigenvalue weighted by Crippen LogP contribution is -2.02. The molecule has 0 saturated heterocycles. The van der Waals surface area contributed by atoms with Crippen molar-refractivity contribution < 1.29 is 19.3 Å². The van der Waals surface area contributed by atoms with Crippen molar-refractivity contribution in [1.29, 1.82) is 0 Å². The quantitative estimate of drug-likeness (QED) is 0.566. The normalized spacial score (nSPS) is 10.7. The Balaban J connectivity index is 1.64. The van der Waals surface area contributed by atoms with Gasteiger partial charge in [-0.15, -0.1) is 29.9 Å². The van der Waals surface area contributed by atoms with Crippen LogP contribution in [0.25, 0.3) is 16.7 Å². The van der Waals surface area contributed by atoms with Gasteiger partial charge in [-0.2, -0.15) is 0 Å². The molecule has 0 radical (unpaired) electrons. The van der Waals surface area contributed by atoms with Gasteiger partial charge in [0.25, 0.3) is 0 Å². The molecule has 1 N–H and O–H groups in total. The number of aromatic hydroxyl groups is 1. The van der Waals surface area contributed by atoms with E-state index >= 15 is 0 Å². The number of aromatic nitrogens is 6. The van der Waals surface area contributed by atoms with E-state index in [-0.39, 0.29) is 23.8 Å². The number of fused-ring (bicyclic) bond motifs is 1. The first-order valence-electron chi connectivity index (χ1n) is 7.83. The molecule has 2 aromatic carbocycles. The van der Waals surface area contributed by atoms with Crippen molar-refractivity contribution >= 4 is 11.0 Å². The number of rotatable bonds is 5. The molecule has 0 bridgehead atoms. The zero-order valence-corrected chi connectivity index (χ0v) is 14.4. The molecule has 0 saturated carbocycles. The lowest BCUT2D eigenvalue weighted by molar-refractivity contribution is 0.320. The molecule has 0 spiro atoms. The summed E-state index contributed by atoms with van der Waals surface area (Å²) >= 11 is 0. The largest absolute Gasteiger partial charge is 0.505 e. The maximum atomic E-state index is 10.4. The molecular formula is C17H14N6O4. The fraction of sp³-hybridized carbons (Fsp3) is 0.118. The van der Waals surface area contributed by atoms with E-state index in [1.165, 1.54) is 25.1 Å². The molecule has 4 aromatic rings. The van der Waals surface area contributed by atoms with Crippen molar-refractivity contribution in [3.63, 3.8) is 0 Å². The van der Waals surface area contributed by atoms with E-state index in [0.29, 0.717) is 11.4 Å². The summed E-state index contributed by atoms with van der Waals surface area (Å²) in [4.78, 5) is 13.2. The average Bonchev–Trinajstić information content (AvgIpc) is 3.11. The Kier molecular flexibility index (Phi) is 4.13. The minimum Gasteiger partial charge on any atom is -0.505 e. The number of phenolic OH excluding ortho intramolecular Hbond substituents is 1. The summed E-state index contributed by atoms with van der Waals surface area (Å²) in [6, 6.07) is 12.1. The Labute approximate surface area is 153 Å². The standard InChI is InChI=1S/C17H14N6O4/c1-25-15-18-16(26-2)20-17(19-15)27-10-7-8-13(14(24)9-10)23-21-11-5-3-4-6-12(11)22-23/h3-9,24H,1-2H3. The van der Waals surface area contributed by atoms with E-state index < -0.39 is 0 Å². The minimum absolute atomic E-state index is 0.0335. The molecule has 0 aliphatic heterocycles. The molecule has 27 heavy (non-hydrogen) atoms. The number of hydrogen-bond acceptors (Lipinski definition) is 9. The number of hydrogen-bond donors (Lipinski definition) is 1. The summed E-state index contributed by atoms with van der Waals surface area (Å²) in [5.74, 6) is 0.240. The van der Waals surface area contributed by atoms with Crippen molar-refractivity contribution in [2.24, 2.45) is 0 Å². The van der Waals surface area contributed by atoms with Crippen molar-refractivity contribution in [2.45, 2.75) is 0 Å². The summed E-state index contributed by atoms with van der Waals surface area (Å²) in [5.41, 5.74) is 1.85. The Morgan fingerprint density at radius 2 is 1.41 bits per heavy atom. The molecule has 0 amide bonds. The van der Waals surface area contributed by atoms with Crippen LogP contribution in [0.4, 0.5) is 0 Å². The molecule has 0 fully saturated rings. The van der Waals surface area contributed by atoms with Gasteiger partial charge >= 0.3 is 18.0 Å². The second-order valence-electron chi connectivity index (χ2n) is 5.32. The molecule has 136 valence electrons. The SMILES string of the molecule is COc1nc(OC)nc(Oc2ccc(-n3nc4ccccc4n3)c(O)c2)n1. The average molecular weight is 366 g/mol. The van der Waals surface area contributed by atoms with Crippen LogP contribution in [0.5, 0.6) is 29.5 Å². The third kappa shape index (κ3) is 3.27. The molecule has 0 unspecified atom stereocenters. The third-order valence-corrected chi connectivity index (χ3v) is 3.60. The van der Waals surface area contributed by atoms with E-state index in [1.54, 1.807) is 12.1 Å². The van der Waals surface area contributed by atoms with Crippen LogP contribution >= 0.6 is 0 Å². The Morgan fingerprint density at radius 3 is 1.96 bits per heavy atom. The summed E-state index contributed by atoms with van der Waals surface area (Å²) in [6.45, 7) is 0. The van der Waals surface area contributed by atoms with Crippen LogP contribution in [0.2, 0.25) is 0 Å². The highest BCUT2D eigenvalue weighted by molar-refractivity contribution is 5.73. The molecule has 10 heteroatoms. The van der Waals surface area contributed by atoms with Gasteiger partial charge in [0.1, 0.15) is 28.2 Å². The summed E-state index contributed by atoms with van der Waals surface area (Å²) in [6.07, 6.45) is 0. The van der Waals surface area contributed by atoms with Crippen LogP contribution in [0.3, 0.4) is 0 Å². The van der Waals surface area contributed by atoms with Crippen LogP contribution in [0.1, 0.15) is 0 Å². The van der Waals surface area contributed by atoms with Crippen LogP contribution < -0.4 is 14.2 Å². The molecular weight excluding hydrogens is 352 g/mol. The number of methoxy groups -OCH3 is 2. The Bertz CT molecular complexity index is 1060. The fourth-order valence-corrected chi connectivity index (χ4v) is 2.36. The zero-order chi connectivity index (χ0) is 18.8. The van der Waals surface area contributed by atoms with Gasteiger partial charge in [-0.25, -0.2) is 0 Å². The molecule has 0 aliphatic rings. The highest BCUT2D eigenvalue weighted by Gasteiger charge is 2.13. The second kappa shape index (κ2) is 6.75. The van der Waals surface area contributed by atoms with Crippen molar-refractivity contribution in [3.8, 4) is 35.2 Å². The summed E-state index contributed by atoms with van der Waals surface area (Å²) in [7, 11) is 2.83.